The Balaban J connectivity index is 1.56. The van der Waals surface area contributed by atoms with E-state index >= 15 is 0 Å². The van der Waals surface area contributed by atoms with Gasteiger partial charge in [-0.25, -0.2) is 4.39 Å². The van der Waals surface area contributed by atoms with E-state index in [1.807, 2.05) is 0 Å². The molecule has 2 nitrogen and oxygen atoms in total. The van der Waals surface area contributed by atoms with Crippen molar-refractivity contribution in [3.63, 3.8) is 0 Å². The Labute approximate surface area is 112 Å². The minimum Gasteiger partial charge on any atom is -0.349 e. The molecule has 0 unspecified atom stereocenters. The zero-order chi connectivity index (χ0) is 13.2. The summed E-state index contributed by atoms with van der Waals surface area (Å²) in [6, 6.07) is 6.51. The number of benzene rings is 1. The molecule has 2 aliphatic carbocycles. The molecular formula is C16H18FNO. The Morgan fingerprint density at radius 1 is 1.16 bits per heavy atom. The van der Waals surface area contributed by atoms with Crippen LogP contribution in [-0.2, 0) is 4.79 Å². The Morgan fingerprint density at radius 3 is 2.26 bits per heavy atom. The molecule has 0 aromatic heterocycles. The topological polar surface area (TPSA) is 29.1 Å². The lowest BCUT2D eigenvalue weighted by Gasteiger charge is -2.16. The van der Waals surface area contributed by atoms with Crippen LogP contribution in [0.2, 0.25) is 0 Å². The fourth-order valence-corrected chi connectivity index (χ4v) is 2.49. The van der Waals surface area contributed by atoms with Crippen molar-refractivity contribution >= 4 is 12.0 Å². The average molecular weight is 259 g/mol. The maximum absolute atomic E-state index is 12.7. The first-order valence-electron chi connectivity index (χ1n) is 6.96. The van der Waals surface area contributed by atoms with Gasteiger partial charge in [0.05, 0.1) is 0 Å². The Hall–Kier alpha value is -1.64. The molecule has 100 valence electrons. The number of hydrogen-bond acceptors (Lipinski definition) is 1. The van der Waals surface area contributed by atoms with Gasteiger partial charge in [0.2, 0.25) is 5.91 Å². The van der Waals surface area contributed by atoms with Crippen LogP contribution in [0.3, 0.4) is 0 Å². The van der Waals surface area contributed by atoms with E-state index in [2.05, 4.69) is 5.32 Å². The van der Waals surface area contributed by atoms with Crippen LogP contribution in [0, 0.1) is 17.7 Å². The van der Waals surface area contributed by atoms with Crippen LogP contribution in [0.25, 0.3) is 6.08 Å². The van der Waals surface area contributed by atoms with E-state index in [-0.39, 0.29) is 11.7 Å². The highest BCUT2D eigenvalue weighted by molar-refractivity contribution is 5.92. The van der Waals surface area contributed by atoms with Gasteiger partial charge in [0.25, 0.3) is 0 Å². The molecule has 2 aliphatic rings. The fraction of sp³-hybridized carbons (Fsp3) is 0.438. The molecule has 0 saturated heterocycles. The predicted octanol–water partition coefficient (Wildman–Crippen LogP) is 3.14. The molecular weight excluding hydrogens is 241 g/mol. The van der Waals surface area contributed by atoms with Crippen molar-refractivity contribution in [1.29, 1.82) is 0 Å². The SMILES string of the molecule is O=C(/C=C/c1ccc(F)cc1)NC(C1CC1)C1CC1. The Morgan fingerprint density at radius 2 is 1.74 bits per heavy atom. The van der Waals surface area contributed by atoms with Crippen LogP contribution in [0.1, 0.15) is 31.2 Å². The van der Waals surface area contributed by atoms with Gasteiger partial charge in [0, 0.05) is 12.1 Å². The van der Waals surface area contributed by atoms with Gasteiger partial charge >= 0.3 is 0 Å². The lowest BCUT2D eigenvalue weighted by atomic mass is 10.1. The molecule has 3 heteroatoms. The lowest BCUT2D eigenvalue weighted by Crippen LogP contribution is -2.37. The number of hydrogen-bond donors (Lipinski definition) is 1. The molecule has 0 bridgehead atoms. The summed E-state index contributed by atoms with van der Waals surface area (Å²) in [7, 11) is 0. The number of carbonyl (C=O) groups excluding carboxylic acids is 1. The fourth-order valence-electron chi connectivity index (χ4n) is 2.49. The second kappa shape index (κ2) is 5.16. The molecule has 2 fully saturated rings. The molecule has 0 atom stereocenters. The van der Waals surface area contributed by atoms with Crippen molar-refractivity contribution in [3.8, 4) is 0 Å². The van der Waals surface area contributed by atoms with Crippen LogP contribution < -0.4 is 5.32 Å². The van der Waals surface area contributed by atoms with E-state index in [4.69, 9.17) is 0 Å². The first-order valence-corrected chi connectivity index (χ1v) is 6.96. The third kappa shape index (κ3) is 3.43. The third-order valence-electron chi connectivity index (χ3n) is 3.87. The number of carbonyl (C=O) groups is 1. The highest BCUT2D eigenvalue weighted by Crippen LogP contribution is 2.44. The predicted molar refractivity (Wildman–Crippen MR) is 72.8 cm³/mol. The summed E-state index contributed by atoms with van der Waals surface area (Å²) in [4.78, 5) is 11.9. The summed E-state index contributed by atoms with van der Waals surface area (Å²) in [5, 5.41) is 3.12. The zero-order valence-electron chi connectivity index (χ0n) is 10.8. The molecule has 0 aliphatic heterocycles. The molecule has 2 saturated carbocycles. The van der Waals surface area contributed by atoms with E-state index < -0.39 is 0 Å². The van der Waals surface area contributed by atoms with Crippen LogP contribution in [0.4, 0.5) is 4.39 Å². The second-order valence-electron chi connectivity index (χ2n) is 5.59. The second-order valence-corrected chi connectivity index (χ2v) is 5.59. The van der Waals surface area contributed by atoms with Crippen LogP contribution in [-0.4, -0.2) is 11.9 Å². The molecule has 1 aromatic carbocycles. The number of halogens is 1. The van der Waals surface area contributed by atoms with Crippen molar-refractivity contribution in [3.05, 3.63) is 41.7 Å². The zero-order valence-corrected chi connectivity index (χ0v) is 10.8. The van der Waals surface area contributed by atoms with Crippen LogP contribution in [0.5, 0.6) is 0 Å². The molecule has 1 amide bonds. The van der Waals surface area contributed by atoms with Gasteiger partial charge in [0.1, 0.15) is 5.82 Å². The lowest BCUT2D eigenvalue weighted by molar-refractivity contribution is -0.117. The van der Waals surface area contributed by atoms with Gasteiger partial charge < -0.3 is 5.32 Å². The number of rotatable bonds is 5. The van der Waals surface area contributed by atoms with Gasteiger partial charge in [-0.2, -0.15) is 0 Å². The van der Waals surface area contributed by atoms with Crippen LogP contribution in [0.15, 0.2) is 30.3 Å². The van der Waals surface area contributed by atoms with Crippen molar-refractivity contribution in [2.24, 2.45) is 11.8 Å². The van der Waals surface area contributed by atoms with Crippen molar-refractivity contribution < 1.29 is 9.18 Å². The molecule has 0 radical (unpaired) electrons. The standard InChI is InChI=1S/C16H18FNO/c17-14-8-1-11(2-9-14)3-10-15(19)18-16(12-4-5-12)13-6-7-13/h1-3,8-10,12-13,16H,4-7H2,(H,18,19)/b10-3+. The third-order valence-corrected chi connectivity index (χ3v) is 3.87. The highest BCUT2D eigenvalue weighted by Gasteiger charge is 2.41. The highest BCUT2D eigenvalue weighted by atomic mass is 19.1. The smallest absolute Gasteiger partial charge is 0.244 e. The average Bonchev–Trinajstić information content (AvgIpc) is 3.29. The maximum atomic E-state index is 12.7. The summed E-state index contributed by atoms with van der Waals surface area (Å²) in [5.74, 6) is 1.11. The summed E-state index contributed by atoms with van der Waals surface area (Å²) in [6.07, 6.45) is 8.29. The normalized spacial score (nSPS) is 19.1. The Kier molecular flexibility index (Phi) is 3.36. The van der Waals surface area contributed by atoms with Gasteiger partial charge in [-0.05, 0) is 61.3 Å². The largest absolute Gasteiger partial charge is 0.349 e. The van der Waals surface area contributed by atoms with E-state index in [9.17, 15) is 9.18 Å². The molecule has 19 heavy (non-hydrogen) atoms. The molecule has 0 spiro atoms. The van der Waals surface area contributed by atoms with Gasteiger partial charge in [-0.3, -0.25) is 4.79 Å². The number of nitrogens with one attached hydrogen (secondary N) is 1. The quantitative estimate of drug-likeness (QED) is 0.809. The Bertz CT molecular complexity index is 474. The summed E-state index contributed by atoms with van der Waals surface area (Å²) in [5.41, 5.74) is 0.839. The van der Waals surface area contributed by atoms with Crippen molar-refractivity contribution in [2.75, 3.05) is 0 Å². The monoisotopic (exact) mass is 259 g/mol. The first-order chi connectivity index (χ1) is 9.22. The minimum atomic E-state index is -0.260. The molecule has 3 rings (SSSR count). The summed E-state index contributed by atoms with van der Waals surface area (Å²) in [6.45, 7) is 0. The number of amides is 1. The van der Waals surface area contributed by atoms with Crippen LogP contribution >= 0.6 is 0 Å². The summed E-state index contributed by atoms with van der Waals surface area (Å²) >= 11 is 0. The van der Waals surface area contributed by atoms with Crippen molar-refractivity contribution in [1.82, 2.24) is 5.32 Å². The van der Waals surface area contributed by atoms with Gasteiger partial charge in [-0.1, -0.05) is 12.1 Å². The maximum Gasteiger partial charge on any atom is 0.244 e. The van der Waals surface area contributed by atoms with E-state index in [1.165, 1.54) is 37.8 Å². The van der Waals surface area contributed by atoms with Gasteiger partial charge in [-0.15, -0.1) is 0 Å². The van der Waals surface area contributed by atoms with Gasteiger partial charge in [0.15, 0.2) is 0 Å². The first kappa shape index (κ1) is 12.4. The summed E-state index contributed by atoms with van der Waals surface area (Å²) < 4.78 is 12.7. The van der Waals surface area contributed by atoms with Crippen molar-refractivity contribution in [2.45, 2.75) is 31.7 Å². The molecule has 0 heterocycles. The van der Waals surface area contributed by atoms with E-state index in [0.717, 1.165) is 5.56 Å². The minimum absolute atomic E-state index is 0.0341. The van der Waals surface area contributed by atoms with E-state index in [1.54, 1.807) is 24.3 Å². The van der Waals surface area contributed by atoms with E-state index in [0.29, 0.717) is 17.9 Å². The molecule has 1 aromatic rings. The molecule has 1 N–H and O–H groups in total.